The number of aliphatic hydroxyl groups is 1. The van der Waals surface area contributed by atoms with E-state index in [0.717, 1.165) is 38.8 Å². The molecular formula is C29H32ClFN2O2. The molecule has 0 saturated carbocycles. The van der Waals surface area contributed by atoms with E-state index in [1.807, 2.05) is 4.90 Å². The van der Waals surface area contributed by atoms with Crippen LogP contribution in [0.2, 0.25) is 5.02 Å². The first kappa shape index (κ1) is 24.2. The van der Waals surface area contributed by atoms with Crippen molar-refractivity contribution >= 4 is 29.7 Å². The number of nitrogens with zero attached hydrogens (tertiary/aromatic N) is 2. The molecule has 0 aromatic heterocycles. The molecule has 2 aromatic rings. The van der Waals surface area contributed by atoms with E-state index in [-0.39, 0.29) is 28.4 Å². The highest BCUT2D eigenvalue weighted by Crippen LogP contribution is 2.43. The van der Waals surface area contributed by atoms with Crippen molar-refractivity contribution in [3.8, 4) is 0 Å². The van der Waals surface area contributed by atoms with Gasteiger partial charge in [0.2, 0.25) is 5.91 Å². The number of fused-ring (bicyclic) bond motifs is 2. The van der Waals surface area contributed by atoms with Gasteiger partial charge in [0.05, 0.1) is 11.1 Å². The van der Waals surface area contributed by atoms with E-state index < -0.39 is 5.82 Å². The van der Waals surface area contributed by atoms with E-state index in [2.05, 4.69) is 41.3 Å². The van der Waals surface area contributed by atoms with Crippen molar-refractivity contribution in [2.24, 2.45) is 5.92 Å². The number of piperidine rings is 2. The second kappa shape index (κ2) is 10.3. The zero-order valence-electron chi connectivity index (χ0n) is 19.9. The van der Waals surface area contributed by atoms with E-state index in [0.29, 0.717) is 25.2 Å². The fourth-order valence-corrected chi connectivity index (χ4v) is 6.00. The lowest BCUT2D eigenvalue weighted by atomic mass is 9.74. The Hall–Kier alpha value is -2.47. The topological polar surface area (TPSA) is 43.8 Å². The average Bonchev–Trinajstić information content (AvgIpc) is 3.24. The maximum atomic E-state index is 13.3. The standard InChI is InChI=1S/C29H32ClFN2O2/c30-25-19-21(5-7-26(25)31)6-8-28(35)33-15-10-23(11-16-33)27(34)20-32-17-13-29(14-18-32)12-9-22-3-1-2-4-24(22)29/h1-9,12,19,23,27,34H,10-11,13-18,20H2. The van der Waals surface area contributed by atoms with Gasteiger partial charge in [-0.15, -0.1) is 0 Å². The Kier molecular flexibility index (Phi) is 7.10. The second-order valence-corrected chi connectivity index (χ2v) is 10.5. The molecule has 1 N–H and O–H groups in total. The summed E-state index contributed by atoms with van der Waals surface area (Å²) in [5.41, 5.74) is 3.65. The molecule has 3 aliphatic rings. The fraction of sp³-hybridized carbons (Fsp3) is 0.414. The van der Waals surface area contributed by atoms with Crippen LogP contribution in [0.15, 0.2) is 54.6 Å². The Bertz CT molecular complexity index is 1130. The summed E-state index contributed by atoms with van der Waals surface area (Å²) < 4.78 is 13.3. The van der Waals surface area contributed by atoms with E-state index in [1.165, 1.54) is 29.3 Å². The number of hydrogen-bond donors (Lipinski definition) is 1. The minimum atomic E-state index is -0.472. The van der Waals surface area contributed by atoms with E-state index in [1.54, 1.807) is 12.1 Å². The average molecular weight is 495 g/mol. The van der Waals surface area contributed by atoms with Gasteiger partial charge in [0, 0.05) is 31.1 Å². The summed E-state index contributed by atoms with van der Waals surface area (Å²) in [6.07, 6.45) is 11.2. The third-order valence-electron chi connectivity index (χ3n) is 8.03. The number of halogens is 2. The van der Waals surface area contributed by atoms with Gasteiger partial charge in [0.15, 0.2) is 0 Å². The SMILES string of the molecule is O=C(C=Cc1ccc(F)c(Cl)c1)N1CCC(C(O)CN2CCC3(C=Cc4ccccc43)CC2)CC1. The molecule has 5 rings (SSSR count). The Balaban J connectivity index is 1.08. The smallest absolute Gasteiger partial charge is 0.246 e. The Morgan fingerprint density at radius 1 is 1.14 bits per heavy atom. The molecule has 6 heteroatoms. The van der Waals surface area contributed by atoms with Crippen LogP contribution in [0.3, 0.4) is 0 Å². The lowest BCUT2D eigenvalue weighted by Gasteiger charge is -2.41. The van der Waals surface area contributed by atoms with Gasteiger partial charge >= 0.3 is 0 Å². The van der Waals surface area contributed by atoms with Crippen molar-refractivity contribution in [1.82, 2.24) is 9.80 Å². The van der Waals surface area contributed by atoms with Crippen molar-refractivity contribution < 1.29 is 14.3 Å². The van der Waals surface area contributed by atoms with Crippen molar-refractivity contribution in [1.29, 1.82) is 0 Å². The number of benzene rings is 2. The van der Waals surface area contributed by atoms with Crippen LogP contribution in [0.1, 0.15) is 42.4 Å². The zero-order valence-corrected chi connectivity index (χ0v) is 20.6. The molecule has 2 heterocycles. The molecule has 1 spiro atoms. The quantitative estimate of drug-likeness (QED) is 0.584. The third kappa shape index (κ3) is 5.23. The van der Waals surface area contributed by atoms with Gasteiger partial charge in [-0.3, -0.25) is 4.79 Å². The summed E-state index contributed by atoms with van der Waals surface area (Å²) in [5, 5.41) is 11.0. The van der Waals surface area contributed by atoms with Crippen molar-refractivity contribution in [2.45, 2.75) is 37.2 Å². The van der Waals surface area contributed by atoms with E-state index in [9.17, 15) is 14.3 Å². The number of β-amino-alcohol motifs (C(OH)–C–C–N with tert-alkyl or cyclic N) is 1. The minimum absolute atomic E-state index is 0.0443. The highest BCUT2D eigenvalue weighted by molar-refractivity contribution is 6.30. The van der Waals surface area contributed by atoms with Gasteiger partial charge in [-0.2, -0.15) is 0 Å². The molecule has 1 aliphatic carbocycles. The largest absolute Gasteiger partial charge is 0.392 e. The zero-order chi connectivity index (χ0) is 24.4. The minimum Gasteiger partial charge on any atom is -0.392 e. The van der Waals surface area contributed by atoms with Crippen LogP contribution in [0.5, 0.6) is 0 Å². The number of allylic oxidation sites excluding steroid dienone is 1. The molecule has 1 amide bonds. The number of amides is 1. The lowest BCUT2D eigenvalue weighted by Crippen LogP contribution is -2.47. The van der Waals surface area contributed by atoms with Crippen LogP contribution in [0, 0.1) is 11.7 Å². The van der Waals surface area contributed by atoms with Crippen molar-refractivity contribution in [3.63, 3.8) is 0 Å². The van der Waals surface area contributed by atoms with Crippen LogP contribution in [0.4, 0.5) is 4.39 Å². The molecule has 2 fully saturated rings. The van der Waals surface area contributed by atoms with Gasteiger partial charge in [-0.05, 0) is 79.6 Å². The summed E-state index contributed by atoms with van der Waals surface area (Å²) in [5.74, 6) is -0.327. The molecule has 2 saturated heterocycles. The van der Waals surface area contributed by atoms with Crippen molar-refractivity contribution in [2.75, 3.05) is 32.7 Å². The molecule has 0 radical (unpaired) electrons. The molecule has 184 valence electrons. The van der Waals surface area contributed by atoms with Gasteiger partial charge in [0.1, 0.15) is 5.82 Å². The lowest BCUT2D eigenvalue weighted by molar-refractivity contribution is -0.128. The molecule has 1 atom stereocenters. The first-order valence-electron chi connectivity index (χ1n) is 12.5. The van der Waals surface area contributed by atoms with Gasteiger partial charge < -0.3 is 14.9 Å². The van der Waals surface area contributed by atoms with Crippen LogP contribution in [0.25, 0.3) is 12.2 Å². The number of aliphatic hydroxyl groups excluding tert-OH is 1. The molecule has 35 heavy (non-hydrogen) atoms. The highest BCUT2D eigenvalue weighted by atomic mass is 35.5. The predicted molar refractivity (Wildman–Crippen MR) is 139 cm³/mol. The third-order valence-corrected chi connectivity index (χ3v) is 8.32. The normalized spacial score (nSPS) is 21.1. The van der Waals surface area contributed by atoms with Gasteiger partial charge in [-0.1, -0.05) is 54.1 Å². The molecule has 0 bridgehead atoms. The maximum absolute atomic E-state index is 13.3. The molecule has 4 nitrogen and oxygen atoms in total. The molecule has 1 unspecified atom stereocenters. The summed E-state index contributed by atoms with van der Waals surface area (Å²) in [6.45, 7) is 3.96. The summed E-state index contributed by atoms with van der Waals surface area (Å²) >= 11 is 5.81. The predicted octanol–water partition coefficient (Wildman–Crippen LogP) is 5.15. The molecule has 2 aromatic carbocycles. The van der Waals surface area contributed by atoms with Crippen LogP contribution < -0.4 is 0 Å². The summed E-state index contributed by atoms with van der Waals surface area (Å²) in [4.78, 5) is 16.8. The fourth-order valence-electron chi connectivity index (χ4n) is 5.81. The number of carbonyl (C=O) groups is 1. The number of likely N-dealkylation sites (tertiary alicyclic amines) is 2. The number of carbonyl (C=O) groups excluding carboxylic acids is 1. The van der Waals surface area contributed by atoms with E-state index >= 15 is 0 Å². The van der Waals surface area contributed by atoms with E-state index in [4.69, 9.17) is 11.6 Å². The first-order chi connectivity index (χ1) is 16.9. The Labute approximate surface area is 211 Å². The number of hydrogen-bond acceptors (Lipinski definition) is 3. The Morgan fingerprint density at radius 2 is 1.89 bits per heavy atom. The highest BCUT2D eigenvalue weighted by Gasteiger charge is 2.38. The van der Waals surface area contributed by atoms with Gasteiger partial charge in [-0.25, -0.2) is 4.39 Å². The monoisotopic (exact) mass is 494 g/mol. The summed E-state index contributed by atoms with van der Waals surface area (Å²) in [7, 11) is 0. The molecular weight excluding hydrogens is 463 g/mol. The van der Waals surface area contributed by atoms with Crippen molar-refractivity contribution in [3.05, 3.63) is 82.1 Å². The molecule has 2 aliphatic heterocycles. The van der Waals surface area contributed by atoms with Gasteiger partial charge in [0.25, 0.3) is 0 Å². The van der Waals surface area contributed by atoms with Crippen LogP contribution >= 0.6 is 11.6 Å². The maximum Gasteiger partial charge on any atom is 0.246 e. The Morgan fingerprint density at radius 3 is 2.63 bits per heavy atom. The number of rotatable bonds is 5. The summed E-state index contributed by atoms with van der Waals surface area (Å²) in [6, 6.07) is 13.1. The second-order valence-electron chi connectivity index (χ2n) is 10.1. The van der Waals surface area contributed by atoms with Crippen LogP contribution in [-0.4, -0.2) is 59.6 Å². The van der Waals surface area contributed by atoms with Crippen LogP contribution in [-0.2, 0) is 10.2 Å². The first-order valence-corrected chi connectivity index (χ1v) is 12.9.